The van der Waals surface area contributed by atoms with Gasteiger partial charge in [0.15, 0.2) is 0 Å². The molecule has 0 spiro atoms. The van der Waals surface area contributed by atoms with Crippen LogP contribution in [-0.4, -0.2) is 42.9 Å². The van der Waals surface area contributed by atoms with Crippen LogP contribution in [0.2, 0.25) is 0 Å². The average Bonchev–Trinajstić information content (AvgIpc) is 2.78. The molecule has 3 rings (SSSR count). The summed E-state index contributed by atoms with van der Waals surface area (Å²) in [6.07, 6.45) is -0.230. The number of benzene rings is 2. The molecule has 27 heavy (non-hydrogen) atoms. The van der Waals surface area contributed by atoms with Crippen molar-refractivity contribution in [2.45, 2.75) is 19.0 Å². The van der Waals surface area contributed by atoms with Crippen molar-refractivity contribution in [2.75, 3.05) is 19.5 Å². The van der Waals surface area contributed by atoms with Gasteiger partial charge in [0.05, 0.1) is 31.9 Å². The van der Waals surface area contributed by atoms with Crippen LogP contribution >= 0.6 is 0 Å². The zero-order chi connectivity index (χ0) is 19.4. The van der Waals surface area contributed by atoms with Crippen LogP contribution in [0.25, 0.3) is 0 Å². The van der Waals surface area contributed by atoms with Crippen LogP contribution in [0.4, 0.5) is 5.69 Å². The fraction of sp³-hybridized carbons (Fsp3) is 0.250. The van der Waals surface area contributed by atoms with Gasteiger partial charge in [0, 0.05) is 6.54 Å². The quantitative estimate of drug-likeness (QED) is 0.818. The number of carbonyl (C=O) groups is 3. The monoisotopic (exact) mass is 368 g/mol. The topological polar surface area (TPSA) is 84.9 Å². The molecule has 2 aromatic rings. The Morgan fingerprint density at radius 2 is 1.89 bits per heavy atom. The number of esters is 1. The molecule has 0 fully saturated rings. The molecule has 1 aliphatic heterocycles. The van der Waals surface area contributed by atoms with E-state index in [0.717, 1.165) is 5.56 Å². The summed E-state index contributed by atoms with van der Waals surface area (Å²) in [7, 11) is 2.81. The molecule has 0 aliphatic carbocycles. The van der Waals surface area contributed by atoms with Gasteiger partial charge < -0.3 is 19.7 Å². The van der Waals surface area contributed by atoms with Gasteiger partial charge in [0.2, 0.25) is 5.91 Å². The Morgan fingerprint density at radius 3 is 2.63 bits per heavy atom. The predicted molar refractivity (Wildman–Crippen MR) is 98.4 cm³/mol. The van der Waals surface area contributed by atoms with Gasteiger partial charge in [0.25, 0.3) is 5.91 Å². The molecule has 1 atom stereocenters. The Bertz CT molecular complexity index is 880. The minimum Gasteiger partial charge on any atom is -0.497 e. The summed E-state index contributed by atoms with van der Waals surface area (Å²) < 4.78 is 9.94. The van der Waals surface area contributed by atoms with E-state index in [0.29, 0.717) is 17.0 Å². The van der Waals surface area contributed by atoms with Gasteiger partial charge in [-0.1, -0.05) is 24.3 Å². The van der Waals surface area contributed by atoms with Crippen LogP contribution in [0.3, 0.4) is 0 Å². The predicted octanol–water partition coefficient (Wildman–Crippen LogP) is 2.22. The Hall–Kier alpha value is -3.35. The van der Waals surface area contributed by atoms with Crippen molar-refractivity contribution in [3.8, 4) is 5.75 Å². The molecular formula is C20H20N2O5. The molecule has 140 valence electrons. The molecule has 7 heteroatoms. The standard InChI is InChI=1S/C20H20N2O5/c1-26-14-7-5-6-13(10-14)12-22-17(11-18(23)27-2)19(24)21-16-9-4-3-8-15(16)20(22)25/h3-10,17H,11-12H2,1-2H3,(H,21,24)/t17-/m0/s1. The van der Waals surface area contributed by atoms with Crippen molar-refractivity contribution in [3.63, 3.8) is 0 Å². The number of nitrogens with one attached hydrogen (secondary N) is 1. The number of amides is 2. The van der Waals surface area contributed by atoms with E-state index < -0.39 is 17.9 Å². The molecule has 0 aromatic heterocycles. The first kappa shape index (κ1) is 18.4. The van der Waals surface area contributed by atoms with Gasteiger partial charge >= 0.3 is 5.97 Å². The van der Waals surface area contributed by atoms with Crippen LogP contribution in [0.15, 0.2) is 48.5 Å². The van der Waals surface area contributed by atoms with Crippen molar-refractivity contribution in [2.24, 2.45) is 0 Å². The Labute approximate surface area is 156 Å². The maximum atomic E-state index is 13.2. The van der Waals surface area contributed by atoms with E-state index in [-0.39, 0.29) is 18.9 Å². The maximum Gasteiger partial charge on any atom is 0.308 e. The lowest BCUT2D eigenvalue weighted by atomic mass is 10.1. The maximum absolute atomic E-state index is 13.2. The highest BCUT2D eigenvalue weighted by molar-refractivity contribution is 6.10. The van der Waals surface area contributed by atoms with Crippen LogP contribution in [0, 0.1) is 0 Å². The van der Waals surface area contributed by atoms with Gasteiger partial charge in [-0.2, -0.15) is 0 Å². The van der Waals surface area contributed by atoms with Crippen molar-refractivity contribution in [3.05, 3.63) is 59.7 Å². The van der Waals surface area contributed by atoms with Crippen molar-refractivity contribution >= 4 is 23.5 Å². The first-order chi connectivity index (χ1) is 13.0. The van der Waals surface area contributed by atoms with E-state index in [4.69, 9.17) is 9.47 Å². The SMILES string of the molecule is COC(=O)C[C@H]1C(=O)Nc2ccccc2C(=O)N1Cc1cccc(OC)c1. The summed E-state index contributed by atoms with van der Waals surface area (Å²) in [6.45, 7) is 0.152. The van der Waals surface area contributed by atoms with Gasteiger partial charge in [-0.25, -0.2) is 0 Å². The molecule has 0 unspecified atom stereocenters. The lowest BCUT2D eigenvalue weighted by Crippen LogP contribution is -2.46. The van der Waals surface area contributed by atoms with Crippen LogP contribution in [0.5, 0.6) is 5.75 Å². The number of ether oxygens (including phenoxy) is 2. The van der Waals surface area contributed by atoms with E-state index in [9.17, 15) is 14.4 Å². The number of methoxy groups -OCH3 is 2. The second-order valence-corrected chi connectivity index (χ2v) is 6.12. The number of rotatable bonds is 5. The molecule has 0 bridgehead atoms. The van der Waals surface area contributed by atoms with E-state index in [1.807, 2.05) is 6.07 Å². The number of nitrogens with zero attached hydrogens (tertiary/aromatic N) is 1. The van der Waals surface area contributed by atoms with E-state index in [2.05, 4.69) is 5.32 Å². The van der Waals surface area contributed by atoms with Crippen molar-refractivity contribution in [1.29, 1.82) is 0 Å². The molecule has 0 saturated carbocycles. The van der Waals surface area contributed by atoms with Crippen molar-refractivity contribution in [1.82, 2.24) is 4.90 Å². The third-order valence-corrected chi connectivity index (χ3v) is 4.43. The molecule has 0 radical (unpaired) electrons. The summed E-state index contributed by atoms with van der Waals surface area (Å²) in [5, 5.41) is 2.74. The van der Waals surface area contributed by atoms with Gasteiger partial charge in [-0.05, 0) is 29.8 Å². The fourth-order valence-electron chi connectivity index (χ4n) is 3.03. The third kappa shape index (κ3) is 3.92. The van der Waals surface area contributed by atoms with Crippen LogP contribution in [-0.2, 0) is 20.9 Å². The molecular weight excluding hydrogens is 348 g/mol. The molecule has 2 amide bonds. The molecule has 1 N–H and O–H groups in total. The minimum absolute atomic E-state index is 0.152. The van der Waals surface area contributed by atoms with Crippen molar-refractivity contribution < 1.29 is 23.9 Å². The number of fused-ring (bicyclic) bond motifs is 1. The van der Waals surface area contributed by atoms with Gasteiger partial charge in [-0.3, -0.25) is 14.4 Å². The number of para-hydroxylation sites is 1. The molecule has 0 saturated heterocycles. The second kappa shape index (κ2) is 7.90. The lowest BCUT2D eigenvalue weighted by molar-refractivity contribution is -0.143. The van der Waals surface area contributed by atoms with Gasteiger partial charge in [-0.15, -0.1) is 0 Å². The smallest absolute Gasteiger partial charge is 0.308 e. The molecule has 1 aliphatic rings. The average molecular weight is 368 g/mol. The van der Waals surface area contributed by atoms with E-state index in [1.165, 1.54) is 12.0 Å². The van der Waals surface area contributed by atoms with E-state index >= 15 is 0 Å². The summed E-state index contributed by atoms with van der Waals surface area (Å²) in [6, 6.07) is 13.0. The third-order valence-electron chi connectivity index (χ3n) is 4.43. The second-order valence-electron chi connectivity index (χ2n) is 6.12. The lowest BCUT2D eigenvalue weighted by Gasteiger charge is -2.28. The number of anilines is 1. The Balaban J connectivity index is 2.01. The number of hydrogen-bond acceptors (Lipinski definition) is 5. The zero-order valence-corrected chi connectivity index (χ0v) is 15.1. The minimum atomic E-state index is -0.983. The first-order valence-corrected chi connectivity index (χ1v) is 8.44. The molecule has 1 heterocycles. The summed E-state index contributed by atoms with van der Waals surface area (Å²) in [5.74, 6) is -0.684. The first-order valence-electron chi connectivity index (χ1n) is 8.44. The summed E-state index contributed by atoms with van der Waals surface area (Å²) in [4.78, 5) is 39.2. The normalized spacial score (nSPS) is 16.2. The zero-order valence-electron chi connectivity index (χ0n) is 15.1. The fourth-order valence-corrected chi connectivity index (χ4v) is 3.03. The summed E-state index contributed by atoms with van der Waals surface area (Å²) >= 11 is 0. The Morgan fingerprint density at radius 1 is 1.11 bits per heavy atom. The van der Waals surface area contributed by atoms with Crippen LogP contribution < -0.4 is 10.1 Å². The summed E-state index contributed by atoms with van der Waals surface area (Å²) in [5.41, 5.74) is 1.58. The number of carbonyl (C=O) groups excluding carboxylic acids is 3. The Kier molecular flexibility index (Phi) is 5.40. The highest BCUT2D eigenvalue weighted by Gasteiger charge is 2.36. The van der Waals surface area contributed by atoms with Crippen LogP contribution in [0.1, 0.15) is 22.3 Å². The van der Waals surface area contributed by atoms with Gasteiger partial charge in [0.1, 0.15) is 11.8 Å². The molecule has 7 nitrogen and oxygen atoms in total. The highest BCUT2D eigenvalue weighted by Crippen LogP contribution is 2.26. The largest absolute Gasteiger partial charge is 0.497 e. The van der Waals surface area contributed by atoms with E-state index in [1.54, 1.807) is 49.6 Å². The molecule has 2 aromatic carbocycles. The number of hydrogen-bond donors (Lipinski definition) is 1. The highest BCUT2D eigenvalue weighted by atomic mass is 16.5.